The molecule has 0 atom stereocenters. The number of nitrogens with zero attached hydrogens (tertiary/aromatic N) is 2. The van der Waals surface area contributed by atoms with Gasteiger partial charge in [0.05, 0.1) is 23.7 Å². The zero-order valence-electron chi connectivity index (χ0n) is 10.6. The molecule has 0 aromatic carbocycles. The molecule has 0 aliphatic heterocycles. The maximum atomic E-state index is 8.67. The standard InChI is InChI=1S/C14H16N2OS/c1-11-9-12(2)16(15-11)10-14-7-6-13(18-14)5-3-4-8-17/h6-7,9,17H,4,8,10H2,1-2H3. The van der Waals surface area contributed by atoms with Crippen molar-refractivity contribution in [3.05, 3.63) is 39.3 Å². The van der Waals surface area contributed by atoms with E-state index in [1.54, 1.807) is 11.3 Å². The van der Waals surface area contributed by atoms with Crippen LogP contribution in [-0.4, -0.2) is 21.5 Å². The van der Waals surface area contributed by atoms with Gasteiger partial charge in [-0.05, 0) is 32.0 Å². The summed E-state index contributed by atoms with van der Waals surface area (Å²) in [5.41, 5.74) is 2.22. The lowest BCUT2D eigenvalue weighted by Gasteiger charge is -2.00. The van der Waals surface area contributed by atoms with Crippen LogP contribution in [0.5, 0.6) is 0 Å². The number of aliphatic hydroxyl groups excluding tert-OH is 1. The molecule has 2 heterocycles. The number of thiophene rings is 1. The van der Waals surface area contributed by atoms with Crippen molar-refractivity contribution < 1.29 is 5.11 Å². The van der Waals surface area contributed by atoms with Crippen molar-refractivity contribution in [2.24, 2.45) is 0 Å². The molecular formula is C14H16N2OS. The first-order valence-electron chi connectivity index (χ1n) is 5.88. The van der Waals surface area contributed by atoms with Crippen LogP contribution in [0.15, 0.2) is 18.2 Å². The van der Waals surface area contributed by atoms with Crippen LogP contribution in [0, 0.1) is 25.7 Å². The number of aromatic nitrogens is 2. The molecule has 0 aliphatic carbocycles. The Balaban J connectivity index is 2.07. The van der Waals surface area contributed by atoms with E-state index in [1.165, 1.54) is 10.6 Å². The van der Waals surface area contributed by atoms with Crippen molar-refractivity contribution in [3.8, 4) is 11.8 Å². The van der Waals surface area contributed by atoms with E-state index in [0.29, 0.717) is 6.42 Å². The van der Waals surface area contributed by atoms with Gasteiger partial charge in [0.15, 0.2) is 0 Å². The number of aryl methyl sites for hydroxylation is 2. The van der Waals surface area contributed by atoms with Crippen LogP contribution in [0.1, 0.15) is 27.6 Å². The average molecular weight is 260 g/mol. The van der Waals surface area contributed by atoms with Gasteiger partial charge in [0.1, 0.15) is 0 Å². The second-order valence-electron chi connectivity index (χ2n) is 4.13. The molecule has 0 amide bonds. The van der Waals surface area contributed by atoms with Gasteiger partial charge in [-0.15, -0.1) is 11.3 Å². The quantitative estimate of drug-likeness (QED) is 0.860. The van der Waals surface area contributed by atoms with E-state index in [0.717, 1.165) is 17.1 Å². The Hall–Kier alpha value is -1.57. The number of rotatable bonds is 3. The SMILES string of the molecule is Cc1cc(C)n(Cc2ccc(C#CCCO)s2)n1. The summed E-state index contributed by atoms with van der Waals surface area (Å²) >= 11 is 1.68. The highest BCUT2D eigenvalue weighted by Gasteiger charge is 2.03. The van der Waals surface area contributed by atoms with E-state index in [1.807, 2.05) is 17.7 Å². The third kappa shape index (κ3) is 3.22. The highest BCUT2D eigenvalue weighted by atomic mass is 32.1. The van der Waals surface area contributed by atoms with Gasteiger partial charge < -0.3 is 5.11 Å². The molecule has 0 saturated carbocycles. The molecule has 0 unspecified atom stereocenters. The van der Waals surface area contributed by atoms with Crippen LogP contribution in [0.4, 0.5) is 0 Å². The molecule has 18 heavy (non-hydrogen) atoms. The fraction of sp³-hybridized carbons (Fsp3) is 0.357. The van der Waals surface area contributed by atoms with E-state index < -0.39 is 0 Å². The molecule has 4 heteroatoms. The Kier molecular flexibility index (Phi) is 4.19. The number of aliphatic hydroxyl groups is 1. The van der Waals surface area contributed by atoms with Gasteiger partial charge >= 0.3 is 0 Å². The minimum Gasteiger partial charge on any atom is -0.395 e. The summed E-state index contributed by atoms with van der Waals surface area (Å²) < 4.78 is 2.01. The lowest BCUT2D eigenvalue weighted by Crippen LogP contribution is -2.02. The summed E-state index contributed by atoms with van der Waals surface area (Å²) in [5, 5.41) is 13.1. The molecule has 0 saturated heterocycles. The lowest BCUT2D eigenvalue weighted by atomic mass is 10.4. The lowest BCUT2D eigenvalue weighted by molar-refractivity contribution is 0.305. The van der Waals surface area contributed by atoms with Gasteiger partial charge in [0, 0.05) is 17.0 Å². The van der Waals surface area contributed by atoms with Crippen molar-refractivity contribution in [1.29, 1.82) is 0 Å². The van der Waals surface area contributed by atoms with E-state index in [4.69, 9.17) is 5.11 Å². The predicted molar refractivity (Wildman–Crippen MR) is 73.7 cm³/mol. The Morgan fingerprint density at radius 1 is 1.39 bits per heavy atom. The van der Waals surface area contributed by atoms with Gasteiger partial charge in [-0.1, -0.05) is 11.8 Å². The van der Waals surface area contributed by atoms with E-state index >= 15 is 0 Å². The fourth-order valence-corrected chi connectivity index (χ4v) is 2.58. The minimum absolute atomic E-state index is 0.122. The summed E-state index contributed by atoms with van der Waals surface area (Å²) in [6, 6.07) is 6.19. The zero-order chi connectivity index (χ0) is 13.0. The minimum atomic E-state index is 0.122. The Bertz CT molecular complexity index is 586. The summed E-state index contributed by atoms with van der Waals surface area (Å²) in [4.78, 5) is 2.29. The molecule has 2 aromatic rings. The third-order valence-corrected chi connectivity index (χ3v) is 3.50. The highest BCUT2D eigenvalue weighted by molar-refractivity contribution is 7.12. The molecule has 3 nitrogen and oxygen atoms in total. The molecule has 1 N–H and O–H groups in total. The average Bonchev–Trinajstić information content (AvgIpc) is 2.88. The van der Waals surface area contributed by atoms with Crippen LogP contribution in [-0.2, 0) is 6.54 Å². The Labute approximate surface area is 111 Å². The zero-order valence-corrected chi connectivity index (χ0v) is 11.4. The van der Waals surface area contributed by atoms with Crippen LogP contribution in [0.25, 0.3) is 0 Å². The first kappa shape index (κ1) is 12.9. The second-order valence-corrected chi connectivity index (χ2v) is 5.29. The Morgan fingerprint density at radius 2 is 2.22 bits per heavy atom. The van der Waals surface area contributed by atoms with Gasteiger partial charge in [-0.3, -0.25) is 4.68 Å². The van der Waals surface area contributed by atoms with Crippen molar-refractivity contribution in [2.45, 2.75) is 26.8 Å². The molecule has 2 aromatic heterocycles. The van der Waals surface area contributed by atoms with Crippen molar-refractivity contribution in [3.63, 3.8) is 0 Å². The fourth-order valence-electron chi connectivity index (χ4n) is 1.72. The second kappa shape index (κ2) is 5.85. The molecular weight excluding hydrogens is 244 g/mol. The smallest absolute Gasteiger partial charge is 0.0772 e. The summed E-state index contributed by atoms with van der Waals surface area (Å²) in [7, 11) is 0. The molecule has 0 fully saturated rings. The highest BCUT2D eigenvalue weighted by Crippen LogP contribution is 2.17. The molecule has 0 radical (unpaired) electrons. The topological polar surface area (TPSA) is 38.0 Å². The molecule has 94 valence electrons. The van der Waals surface area contributed by atoms with Gasteiger partial charge in [-0.2, -0.15) is 5.10 Å². The summed E-state index contributed by atoms with van der Waals surface area (Å²) in [6.07, 6.45) is 0.532. The normalized spacial score (nSPS) is 10.2. The van der Waals surface area contributed by atoms with Crippen LogP contribution >= 0.6 is 11.3 Å². The van der Waals surface area contributed by atoms with E-state index in [2.05, 4.69) is 36.0 Å². The van der Waals surface area contributed by atoms with Crippen LogP contribution in [0.2, 0.25) is 0 Å². The van der Waals surface area contributed by atoms with Crippen LogP contribution in [0.3, 0.4) is 0 Å². The third-order valence-electron chi connectivity index (χ3n) is 2.52. The van der Waals surface area contributed by atoms with E-state index in [-0.39, 0.29) is 6.61 Å². The summed E-state index contributed by atoms with van der Waals surface area (Å²) in [6.45, 7) is 4.99. The number of hydrogen-bond acceptors (Lipinski definition) is 3. The number of hydrogen-bond donors (Lipinski definition) is 1. The monoisotopic (exact) mass is 260 g/mol. The van der Waals surface area contributed by atoms with Gasteiger partial charge in [0.25, 0.3) is 0 Å². The summed E-state index contributed by atoms with van der Waals surface area (Å²) in [5.74, 6) is 5.98. The van der Waals surface area contributed by atoms with Crippen molar-refractivity contribution in [2.75, 3.05) is 6.61 Å². The Morgan fingerprint density at radius 3 is 2.89 bits per heavy atom. The van der Waals surface area contributed by atoms with Crippen molar-refractivity contribution >= 4 is 11.3 Å². The predicted octanol–water partition coefficient (Wildman–Crippen LogP) is 2.34. The molecule has 0 aliphatic rings. The largest absolute Gasteiger partial charge is 0.395 e. The maximum Gasteiger partial charge on any atom is 0.0772 e. The van der Waals surface area contributed by atoms with Crippen LogP contribution < -0.4 is 0 Å². The van der Waals surface area contributed by atoms with Gasteiger partial charge in [-0.25, -0.2) is 0 Å². The first-order chi connectivity index (χ1) is 8.69. The van der Waals surface area contributed by atoms with E-state index in [9.17, 15) is 0 Å². The molecule has 0 spiro atoms. The molecule has 2 rings (SSSR count). The van der Waals surface area contributed by atoms with Gasteiger partial charge in [0.2, 0.25) is 0 Å². The molecule has 0 bridgehead atoms. The van der Waals surface area contributed by atoms with Crippen molar-refractivity contribution in [1.82, 2.24) is 9.78 Å². The maximum absolute atomic E-state index is 8.67. The first-order valence-corrected chi connectivity index (χ1v) is 6.70.